The van der Waals surface area contributed by atoms with Gasteiger partial charge in [0.05, 0.1) is 0 Å². The van der Waals surface area contributed by atoms with E-state index in [-0.39, 0.29) is 0 Å². The van der Waals surface area contributed by atoms with Crippen LogP contribution in [0.1, 0.15) is 33.1 Å². The Morgan fingerprint density at radius 2 is 2.29 bits per heavy atom. The van der Waals surface area contributed by atoms with Crippen LogP contribution in [0.15, 0.2) is 0 Å². The van der Waals surface area contributed by atoms with Crippen LogP contribution in [0.2, 0.25) is 0 Å². The van der Waals surface area contributed by atoms with Gasteiger partial charge in [0.15, 0.2) is 0 Å². The number of hydrogen-bond donors (Lipinski definition) is 2. The Labute approximate surface area is 103 Å². The monoisotopic (exact) mass is 240 g/mol. The first-order chi connectivity index (χ1) is 8.05. The molecule has 0 saturated carbocycles. The van der Waals surface area contributed by atoms with Gasteiger partial charge in [0.2, 0.25) is 0 Å². The van der Waals surface area contributed by atoms with Crippen molar-refractivity contribution in [1.82, 2.24) is 10.2 Å². The van der Waals surface area contributed by atoms with E-state index in [1.165, 1.54) is 19.4 Å². The normalized spacial score (nSPS) is 39.4. The predicted molar refractivity (Wildman–Crippen MR) is 67.0 cm³/mol. The lowest BCUT2D eigenvalue weighted by atomic mass is 9.81. The van der Waals surface area contributed by atoms with Crippen molar-refractivity contribution in [3.8, 4) is 0 Å². The van der Waals surface area contributed by atoms with E-state index in [4.69, 9.17) is 0 Å². The van der Waals surface area contributed by atoms with Gasteiger partial charge >= 0.3 is 5.97 Å². The highest BCUT2D eigenvalue weighted by Crippen LogP contribution is 2.34. The Kier molecular flexibility index (Phi) is 3.73. The topological polar surface area (TPSA) is 52.6 Å². The first-order valence-corrected chi connectivity index (χ1v) is 6.76. The molecule has 3 unspecified atom stereocenters. The highest BCUT2D eigenvalue weighted by Gasteiger charge is 2.43. The van der Waals surface area contributed by atoms with E-state index >= 15 is 0 Å². The highest BCUT2D eigenvalue weighted by molar-refractivity contribution is 5.78. The Morgan fingerprint density at radius 3 is 2.88 bits per heavy atom. The lowest BCUT2D eigenvalue weighted by Crippen LogP contribution is -2.44. The second-order valence-electron chi connectivity index (χ2n) is 5.78. The average molecular weight is 240 g/mol. The maximum absolute atomic E-state index is 11.2. The summed E-state index contributed by atoms with van der Waals surface area (Å²) in [5, 5.41) is 12.4. The van der Waals surface area contributed by atoms with E-state index in [2.05, 4.69) is 17.1 Å². The van der Waals surface area contributed by atoms with Crippen LogP contribution >= 0.6 is 0 Å². The molecule has 0 aromatic heterocycles. The molecular weight excluding hydrogens is 216 g/mol. The van der Waals surface area contributed by atoms with E-state index in [1.807, 2.05) is 6.92 Å². The van der Waals surface area contributed by atoms with Crippen molar-refractivity contribution in [2.75, 3.05) is 26.2 Å². The van der Waals surface area contributed by atoms with Gasteiger partial charge in [-0.25, -0.2) is 0 Å². The van der Waals surface area contributed by atoms with Gasteiger partial charge in [-0.05, 0) is 57.7 Å². The van der Waals surface area contributed by atoms with Crippen LogP contribution in [0.3, 0.4) is 0 Å². The Bertz CT molecular complexity index is 295. The van der Waals surface area contributed by atoms with Gasteiger partial charge in [0.1, 0.15) is 5.54 Å². The van der Waals surface area contributed by atoms with E-state index in [1.54, 1.807) is 0 Å². The van der Waals surface area contributed by atoms with Crippen molar-refractivity contribution >= 4 is 5.97 Å². The first kappa shape index (κ1) is 12.8. The largest absolute Gasteiger partial charge is 0.480 e. The van der Waals surface area contributed by atoms with Crippen molar-refractivity contribution in [3.63, 3.8) is 0 Å². The number of nitrogens with one attached hydrogen (secondary N) is 1. The summed E-state index contributed by atoms with van der Waals surface area (Å²) in [7, 11) is 0. The van der Waals surface area contributed by atoms with E-state index in [0.717, 1.165) is 26.1 Å². The molecule has 17 heavy (non-hydrogen) atoms. The molecule has 2 aliphatic rings. The van der Waals surface area contributed by atoms with Crippen molar-refractivity contribution in [2.24, 2.45) is 11.8 Å². The summed E-state index contributed by atoms with van der Waals surface area (Å²) in [5.74, 6) is 0.506. The summed E-state index contributed by atoms with van der Waals surface area (Å²) in [4.78, 5) is 13.7. The molecule has 4 heteroatoms. The maximum atomic E-state index is 11.2. The Balaban J connectivity index is 1.94. The van der Waals surface area contributed by atoms with Gasteiger partial charge < -0.3 is 15.3 Å². The third-order valence-corrected chi connectivity index (χ3v) is 4.55. The SMILES string of the molecule is CCN1CCCC(C2CNC(C)(C(=O)O)C2)C1. The van der Waals surface area contributed by atoms with Crippen LogP contribution in [0.5, 0.6) is 0 Å². The van der Waals surface area contributed by atoms with Gasteiger partial charge in [-0.1, -0.05) is 6.92 Å². The molecule has 0 bridgehead atoms. The summed E-state index contributed by atoms with van der Waals surface area (Å²) < 4.78 is 0. The van der Waals surface area contributed by atoms with Crippen molar-refractivity contribution < 1.29 is 9.90 Å². The second-order valence-corrected chi connectivity index (χ2v) is 5.78. The third-order valence-electron chi connectivity index (χ3n) is 4.55. The zero-order valence-electron chi connectivity index (χ0n) is 10.9. The van der Waals surface area contributed by atoms with E-state index in [0.29, 0.717) is 11.8 Å². The molecule has 2 heterocycles. The van der Waals surface area contributed by atoms with Gasteiger partial charge in [-0.3, -0.25) is 4.79 Å². The second kappa shape index (κ2) is 4.94. The standard InChI is InChI=1S/C13H24N2O2/c1-3-15-6-4-5-10(9-15)11-7-13(2,12(16)17)14-8-11/h10-11,14H,3-9H2,1-2H3,(H,16,17). The number of carboxylic acids is 1. The zero-order valence-corrected chi connectivity index (χ0v) is 10.9. The van der Waals surface area contributed by atoms with Crippen LogP contribution in [-0.4, -0.2) is 47.7 Å². The van der Waals surface area contributed by atoms with E-state index < -0.39 is 11.5 Å². The number of likely N-dealkylation sites (tertiary alicyclic amines) is 1. The number of carboxylic acid groups (broad SMARTS) is 1. The number of carbonyl (C=O) groups is 1. The molecule has 2 fully saturated rings. The average Bonchev–Trinajstić information content (AvgIpc) is 2.74. The lowest BCUT2D eigenvalue weighted by molar-refractivity contribution is -0.143. The number of nitrogens with zero attached hydrogens (tertiary/aromatic N) is 1. The molecule has 0 radical (unpaired) electrons. The minimum Gasteiger partial charge on any atom is -0.480 e. The first-order valence-electron chi connectivity index (χ1n) is 6.76. The predicted octanol–water partition coefficient (Wildman–Crippen LogP) is 1.17. The van der Waals surface area contributed by atoms with Crippen LogP contribution in [0.25, 0.3) is 0 Å². The van der Waals surface area contributed by atoms with Crippen LogP contribution in [-0.2, 0) is 4.79 Å². The van der Waals surface area contributed by atoms with Gasteiger partial charge in [0, 0.05) is 6.54 Å². The van der Waals surface area contributed by atoms with Crippen LogP contribution in [0, 0.1) is 11.8 Å². The third kappa shape index (κ3) is 2.63. The van der Waals surface area contributed by atoms with Gasteiger partial charge in [-0.15, -0.1) is 0 Å². The molecule has 0 spiro atoms. The molecule has 0 aliphatic carbocycles. The number of rotatable bonds is 3. The summed E-state index contributed by atoms with van der Waals surface area (Å²) in [6, 6.07) is 0. The molecule has 2 N–H and O–H groups in total. The quantitative estimate of drug-likeness (QED) is 0.777. The molecular formula is C13H24N2O2. The smallest absolute Gasteiger partial charge is 0.323 e. The van der Waals surface area contributed by atoms with Crippen molar-refractivity contribution in [1.29, 1.82) is 0 Å². The van der Waals surface area contributed by atoms with E-state index in [9.17, 15) is 9.90 Å². The highest BCUT2D eigenvalue weighted by atomic mass is 16.4. The molecule has 98 valence electrons. The summed E-state index contributed by atoms with van der Waals surface area (Å²) >= 11 is 0. The van der Waals surface area contributed by atoms with Crippen LogP contribution < -0.4 is 5.32 Å². The van der Waals surface area contributed by atoms with Crippen molar-refractivity contribution in [2.45, 2.75) is 38.6 Å². The molecule has 2 saturated heterocycles. The van der Waals surface area contributed by atoms with Gasteiger partial charge in [0.25, 0.3) is 0 Å². The molecule has 0 amide bonds. The molecule has 4 nitrogen and oxygen atoms in total. The Hall–Kier alpha value is -0.610. The number of piperidine rings is 1. The minimum absolute atomic E-state index is 0.533. The molecule has 3 atom stereocenters. The lowest BCUT2D eigenvalue weighted by Gasteiger charge is -2.35. The summed E-state index contributed by atoms with van der Waals surface area (Å²) in [6.45, 7) is 8.37. The fourth-order valence-corrected chi connectivity index (χ4v) is 3.28. The minimum atomic E-state index is -0.705. The Morgan fingerprint density at radius 1 is 1.53 bits per heavy atom. The summed E-state index contributed by atoms with van der Waals surface area (Å²) in [6.07, 6.45) is 3.31. The molecule has 2 rings (SSSR count). The van der Waals surface area contributed by atoms with Crippen molar-refractivity contribution in [3.05, 3.63) is 0 Å². The fraction of sp³-hybridized carbons (Fsp3) is 0.923. The van der Waals surface area contributed by atoms with Gasteiger partial charge in [-0.2, -0.15) is 0 Å². The summed E-state index contributed by atoms with van der Waals surface area (Å²) in [5.41, 5.74) is -0.695. The fourth-order valence-electron chi connectivity index (χ4n) is 3.28. The molecule has 0 aromatic rings. The molecule has 2 aliphatic heterocycles. The number of hydrogen-bond acceptors (Lipinski definition) is 3. The zero-order chi connectivity index (χ0) is 12.5. The molecule has 0 aromatic carbocycles. The maximum Gasteiger partial charge on any atom is 0.323 e. The number of aliphatic carboxylic acids is 1. The van der Waals surface area contributed by atoms with Crippen LogP contribution in [0.4, 0.5) is 0 Å².